The minimum absolute atomic E-state index is 0.0208. The maximum atomic E-state index is 10.7. The fraction of sp³-hybridized carbons (Fsp3) is 0.231. The maximum absolute atomic E-state index is 10.7. The van der Waals surface area contributed by atoms with Crippen molar-refractivity contribution in [3.8, 4) is 0 Å². The molecule has 1 aromatic heterocycles. The van der Waals surface area contributed by atoms with Crippen molar-refractivity contribution in [2.45, 2.75) is 6.92 Å². The number of para-hydroxylation sites is 1. The lowest BCUT2D eigenvalue weighted by Gasteiger charge is -2.18. The number of hydrogen-bond donors (Lipinski definition) is 1. The van der Waals surface area contributed by atoms with Gasteiger partial charge in [0.1, 0.15) is 6.54 Å². The maximum Gasteiger partial charge on any atom is 0.323 e. The summed E-state index contributed by atoms with van der Waals surface area (Å²) in [6, 6.07) is 7.75. The molecule has 0 aliphatic carbocycles. The minimum Gasteiger partial charge on any atom is -0.480 e. The Morgan fingerprint density at radius 3 is 2.88 bits per heavy atom. The Labute approximate surface area is 99.5 Å². The average Bonchev–Trinajstić information content (AvgIpc) is 2.28. The Bertz CT molecular complexity index is 566. The highest BCUT2D eigenvalue weighted by Gasteiger charge is 2.10. The Morgan fingerprint density at radius 1 is 1.41 bits per heavy atom. The second-order valence-corrected chi connectivity index (χ2v) is 4.05. The number of aromatic nitrogens is 1. The van der Waals surface area contributed by atoms with E-state index in [0.717, 1.165) is 22.2 Å². The fourth-order valence-corrected chi connectivity index (χ4v) is 1.93. The van der Waals surface area contributed by atoms with E-state index in [1.54, 1.807) is 18.1 Å². The molecule has 0 fully saturated rings. The van der Waals surface area contributed by atoms with Gasteiger partial charge in [0, 0.05) is 24.3 Å². The Kier molecular flexibility index (Phi) is 2.95. The molecule has 0 unspecified atom stereocenters. The van der Waals surface area contributed by atoms with Gasteiger partial charge in [0.15, 0.2) is 0 Å². The third-order valence-corrected chi connectivity index (χ3v) is 2.73. The van der Waals surface area contributed by atoms with E-state index in [1.165, 1.54) is 0 Å². The Hall–Kier alpha value is -2.10. The molecule has 0 bridgehead atoms. The van der Waals surface area contributed by atoms with E-state index >= 15 is 0 Å². The summed E-state index contributed by atoms with van der Waals surface area (Å²) in [6.07, 6.45) is 1.71. The molecule has 0 spiro atoms. The van der Waals surface area contributed by atoms with Gasteiger partial charge in [-0.3, -0.25) is 9.78 Å². The molecule has 88 valence electrons. The van der Waals surface area contributed by atoms with Crippen LogP contribution in [0.5, 0.6) is 0 Å². The molecule has 0 saturated carbocycles. The topological polar surface area (TPSA) is 53.4 Å². The predicted molar refractivity (Wildman–Crippen MR) is 67.4 cm³/mol. The largest absolute Gasteiger partial charge is 0.480 e. The molecule has 2 rings (SSSR count). The molecule has 0 amide bonds. The van der Waals surface area contributed by atoms with E-state index in [2.05, 4.69) is 4.98 Å². The molecule has 0 aliphatic heterocycles. The zero-order valence-corrected chi connectivity index (χ0v) is 9.84. The smallest absolute Gasteiger partial charge is 0.323 e. The highest BCUT2D eigenvalue weighted by atomic mass is 16.4. The normalized spacial score (nSPS) is 10.5. The van der Waals surface area contributed by atoms with E-state index in [9.17, 15) is 4.79 Å². The molecule has 0 aliphatic rings. The van der Waals surface area contributed by atoms with E-state index in [0.29, 0.717) is 0 Å². The molecule has 0 saturated heterocycles. The standard InChI is InChI=1S/C13H14N2O2/c1-9-4-3-5-10-11(6-7-14-13(9)10)15(2)8-12(16)17/h3-7H,8H2,1-2H3,(H,16,17). The van der Waals surface area contributed by atoms with Crippen molar-refractivity contribution in [1.82, 2.24) is 4.98 Å². The summed E-state index contributed by atoms with van der Waals surface area (Å²) in [4.78, 5) is 16.8. The second-order valence-electron chi connectivity index (χ2n) is 4.05. The number of carboxylic acid groups (broad SMARTS) is 1. The third kappa shape index (κ3) is 2.20. The van der Waals surface area contributed by atoms with Crippen molar-refractivity contribution < 1.29 is 9.90 Å². The number of benzene rings is 1. The lowest BCUT2D eigenvalue weighted by Crippen LogP contribution is -2.25. The molecule has 0 radical (unpaired) electrons. The van der Waals surface area contributed by atoms with Gasteiger partial charge in [0.25, 0.3) is 0 Å². The molecular weight excluding hydrogens is 216 g/mol. The van der Waals surface area contributed by atoms with Crippen LogP contribution in [0.2, 0.25) is 0 Å². The van der Waals surface area contributed by atoms with Crippen LogP contribution in [0, 0.1) is 6.92 Å². The first kappa shape index (κ1) is 11.4. The summed E-state index contributed by atoms with van der Waals surface area (Å²) in [7, 11) is 1.77. The lowest BCUT2D eigenvalue weighted by atomic mass is 10.1. The molecule has 0 atom stereocenters. The van der Waals surface area contributed by atoms with Gasteiger partial charge < -0.3 is 10.0 Å². The van der Waals surface area contributed by atoms with E-state index < -0.39 is 5.97 Å². The van der Waals surface area contributed by atoms with Crippen molar-refractivity contribution in [3.63, 3.8) is 0 Å². The summed E-state index contributed by atoms with van der Waals surface area (Å²) in [5.41, 5.74) is 2.90. The van der Waals surface area contributed by atoms with E-state index in [-0.39, 0.29) is 6.54 Å². The summed E-state index contributed by atoms with van der Waals surface area (Å²) in [5, 5.41) is 9.80. The van der Waals surface area contributed by atoms with Gasteiger partial charge in [-0.05, 0) is 18.6 Å². The van der Waals surface area contributed by atoms with Gasteiger partial charge in [-0.2, -0.15) is 0 Å². The summed E-state index contributed by atoms with van der Waals surface area (Å²) in [5.74, 6) is -0.842. The number of pyridine rings is 1. The van der Waals surface area contributed by atoms with Crippen molar-refractivity contribution in [3.05, 3.63) is 36.0 Å². The number of nitrogens with zero attached hydrogens (tertiary/aromatic N) is 2. The number of aryl methyl sites for hydroxylation is 1. The number of fused-ring (bicyclic) bond motifs is 1. The first-order chi connectivity index (χ1) is 8.09. The molecule has 4 heteroatoms. The highest BCUT2D eigenvalue weighted by molar-refractivity contribution is 5.94. The minimum atomic E-state index is -0.842. The molecule has 1 N–H and O–H groups in total. The van der Waals surface area contributed by atoms with Gasteiger partial charge in [-0.15, -0.1) is 0 Å². The zero-order valence-electron chi connectivity index (χ0n) is 9.84. The molecule has 4 nitrogen and oxygen atoms in total. The summed E-state index contributed by atoms with van der Waals surface area (Å²) in [6.45, 7) is 1.98. The van der Waals surface area contributed by atoms with Crippen molar-refractivity contribution in [2.24, 2.45) is 0 Å². The van der Waals surface area contributed by atoms with Crippen LogP contribution in [0.1, 0.15) is 5.56 Å². The fourth-order valence-electron chi connectivity index (χ4n) is 1.93. The summed E-state index contributed by atoms with van der Waals surface area (Å²) >= 11 is 0. The number of aliphatic carboxylic acids is 1. The van der Waals surface area contributed by atoms with E-state index in [1.807, 2.05) is 31.2 Å². The van der Waals surface area contributed by atoms with Crippen LogP contribution in [-0.2, 0) is 4.79 Å². The second kappa shape index (κ2) is 4.41. The number of hydrogen-bond acceptors (Lipinski definition) is 3. The van der Waals surface area contributed by atoms with Gasteiger partial charge in [-0.25, -0.2) is 0 Å². The number of rotatable bonds is 3. The van der Waals surface area contributed by atoms with Crippen LogP contribution in [-0.4, -0.2) is 29.7 Å². The van der Waals surface area contributed by atoms with Crippen LogP contribution in [0.25, 0.3) is 10.9 Å². The number of anilines is 1. The SMILES string of the molecule is Cc1cccc2c(N(C)CC(=O)O)ccnc12. The van der Waals surface area contributed by atoms with Gasteiger partial charge >= 0.3 is 5.97 Å². The Balaban J connectivity index is 2.54. The van der Waals surface area contributed by atoms with E-state index in [4.69, 9.17) is 5.11 Å². The summed E-state index contributed by atoms with van der Waals surface area (Å²) < 4.78 is 0. The first-order valence-electron chi connectivity index (χ1n) is 5.37. The molecular formula is C13H14N2O2. The van der Waals surface area contributed by atoms with Crippen LogP contribution in [0.15, 0.2) is 30.5 Å². The molecule has 17 heavy (non-hydrogen) atoms. The van der Waals surface area contributed by atoms with Crippen molar-refractivity contribution in [2.75, 3.05) is 18.5 Å². The molecule has 1 heterocycles. The quantitative estimate of drug-likeness (QED) is 0.877. The monoisotopic (exact) mass is 230 g/mol. The number of carbonyl (C=O) groups is 1. The molecule has 1 aromatic carbocycles. The number of likely N-dealkylation sites (N-methyl/N-ethyl adjacent to an activating group) is 1. The van der Waals surface area contributed by atoms with Crippen molar-refractivity contribution in [1.29, 1.82) is 0 Å². The molecule has 2 aromatic rings. The number of carboxylic acids is 1. The van der Waals surface area contributed by atoms with Crippen LogP contribution < -0.4 is 4.90 Å². The average molecular weight is 230 g/mol. The van der Waals surface area contributed by atoms with Crippen LogP contribution in [0.4, 0.5) is 5.69 Å². The highest BCUT2D eigenvalue weighted by Crippen LogP contribution is 2.25. The van der Waals surface area contributed by atoms with Crippen LogP contribution in [0.3, 0.4) is 0 Å². The third-order valence-electron chi connectivity index (χ3n) is 2.73. The zero-order chi connectivity index (χ0) is 12.4. The Morgan fingerprint density at radius 2 is 2.18 bits per heavy atom. The van der Waals surface area contributed by atoms with Crippen LogP contribution >= 0.6 is 0 Å². The van der Waals surface area contributed by atoms with Gasteiger partial charge in [0.2, 0.25) is 0 Å². The van der Waals surface area contributed by atoms with Gasteiger partial charge in [-0.1, -0.05) is 18.2 Å². The van der Waals surface area contributed by atoms with Gasteiger partial charge in [0.05, 0.1) is 5.52 Å². The first-order valence-corrected chi connectivity index (χ1v) is 5.37. The predicted octanol–water partition coefficient (Wildman–Crippen LogP) is 2.06. The lowest BCUT2D eigenvalue weighted by molar-refractivity contribution is -0.135. The van der Waals surface area contributed by atoms with Crippen molar-refractivity contribution >= 4 is 22.6 Å².